The molecule has 5 nitrogen and oxygen atoms in total. The van der Waals surface area contributed by atoms with Gasteiger partial charge in [-0.25, -0.2) is 13.1 Å². The molecule has 3 unspecified atom stereocenters. The zero-order valence-electron chi connectivity index (χ0n) is 10.8. The highest BCUT2D eigenvalue weighted by molar-refractivity contribution is 7.89. The van der Waals surface area contributed by atoms with Crippen LogP contribution >= 0.6 is 0 Å². The summed E-state index contributed by atoms with van der Waals surface area (Å²) < 4.78 is 33.1. The van der Waals surface area contributed by atoms with Gasteiger partial charge < -0.3 is 10.5 Å². The SMILES string of the molecule is Cc1cc(N)cc(S(=O)(=O)NC2CC3CCC2O3)c1. The van der Waals surface area contributed by atoms with Crippen LogP contribution in [0.5, 0.6) is 0 Å². The molecule has 19 heavy (non-hydrogen) atoms. The first-order chi connectivity index (χ1) is 8.94. The number of sulfonamides is 1. The highest BCUT2D eigenvalue weighted by atomic mass is 32.2. The Morgan fingerprint density at radius 3 is 2.68 bits per heavy atom. The second-order valence-corrected chi connectivity index (χ2v) is 7.13. The van der Waals surface area contributed by atoms with Gasteiger partial charge in [0, 0.05) is 5.69 Å². The van der Waals surface area contributed by atoms with Gasteiger partial charge in [0.15, 0.2) is 0 Å². The molecule has 3 N–H and O–H groups in total. The van der Waals surface area contributed by atoms with Gasteiger partial charge in [-0.3, -0.25) is 0 Å². The van der Waals surface area contributed by atoms with Crippen molar-refractivity contribution >= 4 is 15.7 Å². The van der Waals surface area contributed by atoms with Crippen molar-refractivity contribution in [2.24, 2.45) is 0 Å². The molecule has 3 rings (SSSR count). The zero-order chi connectivity index (χ0) is 13.6. The molecule has 6 heteroatoms. The molecule has 2 fully saturated rings. The van der Waals surface area contributed by atoms with Crippen molar-refractivity contribution in [1.29, 1.82) is 0 Å². The number of benzene rings is 1. The Bertz CT molecular complexity index is 580. The molecule has 104 valence electrons. The minimum Gasteiger partial charge on any atom is -0.399 e. The van der Waals surface area contributed by atoms with E-state index in [2.05, 4.69) is 4.72 Å². The summed E-state index contributed by atoms with van der Waals surface area (Å²) in [5, 5.41) is 0. The highest BCUT2D eigenvalue weighted by Gasteiger charge is 2.42. The molecular weight excluding hydrogens is 264 g/mol. The van der Waals surface area contributed by atoms with Gasteiger partial charge in [-0.2, -0.15) is 0 Å². The first-order valence-electron chi connectivity index (χ1n) is 6.49. The first-order valence-corrected chi connectivity index (χ1v) is 7.97. The van der Waals surface area contributed by atoms with Crippen LogP contribution in [-0.4, -0.2) is 26.7 Å². The van der Waals surface area contributed by atoms with E-state index in [1.54, 1.807) is 12.1 Å². The third-order valence-electron chi connectivity index (χ3n) is 3.80. The molecular formula is C13H18N2O3S. The lowest BCUT2D eigenvalue weighted by molar-refractivity contribution is 0.0996. The summed E-state index contributed by atoms with van der Waals surface area (Å²) in [6.45, 7) is 1.83. The molecule has 0 amide bonds. The number of ether oxygens (including phenoxy) is 1. The fraction of sp³-hybridized carbons (Fsp3) is 0.538. The van der Waals surface area contributed by atoms with E-state index >= 15 is 0 Å². The first kappa shape index (κ1) is 12.9. The number of hydrogen-bond acceptors (Lipinski definition) is 4. The van der Waals surface area contributed by atoms with Crippen LogP contribution < -0.4 is 10.5 Å². The van der Waals surface area contributed by atoms with E-state index in [1.165, 1.54) is 6.07 Å². The Kier molecular flexibility index (Phi) is 3.03. The maximum atomic E-state index is 12.3. The summed E-state index contributed by atoms with van der Waals surface area (Å²) in [6.07, 6.45) is 3.00. The van der Waals surface area contributed by atoms with E-state index in [-0.39, 0.29) is 23.1 Å². The van der Waals surface area contributed by atoms with E-state index in [4.69, 9.17) is 10.5 Å². The predicted molar refractivity (Wildman–Crippen MR) is 72.2 cm³/mol. The Balaban J connectivity index is 1.82. The molecule has 0 aromatic heterocycles. The maximum absolute atomic E-state index is 12.3. The van der Waals surface area contributed by atoms with Crippen molar-refractivity contribution in [3.8, 4) is 0 Å². The van der Waals surface area contributed by atoms with Crippen LogP contribution in [0.2, 0.25) is 0 Å². The quantitative estimate of drug-likeness (QED) is 0.816. The fourth-order valence-corrected chi connectivity index (χ4v) is 4.38. The molecule has 2 aliphatic rings. The monoisotopic (exact) mass is 282 g/mol. The maximum Gasteiger partial charge on any atom is 0.240 e. The van der Waals surface area contributed by atoms with Crippen LogP contribution in [0.3, 0.4) is 0 Å². The Hall–Kier alpha value is -1.11. The Morgan fingerprint density at radius 2 is 2.11 bits per heavy atom. The summed E-state index contributed by atoms with van der Waals surface area (Å²) >= 11 is 0. The van der Waals surface area contributed by atoms with Crippen LogP contribution in [-0.2, 0) is 14.8 Å². The van der Waals surface area contributed by atoms with Crippen molar-refractivity contribution in [3.63, 3.8) is 0 Å². The summed E-state index contributed by atoms with van der Waals surface area (Å²) in [7, 11) is -3.52. The van der Waals surface area contributed by atoms with Crippen LogP contribution in [0.15, 0.2) is 23.1 Å². The third-order valence-corrected chi connectivity index (χ3v) is 5.27. The van der Waals surface area contributed by atoms with Crippen molar-refractivity contribution in [2.75, 3.05) is 5.73 Å². The van der Waals surface area contributed by atoms with E-state index in [9.17, 15) is 8.42 Å². The lowest BCUT2D eigenvalue weighted by Crippen LogP contribution is -2.41. The number of hydrogen-bond donors (Lipinski definition) is 2. The molecule has 0 spiro atoms. The van der Waals surface area contributed by atoms with Crippen molar-refractivity contribution < 1.29 is 13.2 Å². The van der Waals surface area contributed by atoms with Gasteiger partial charge in [-0.15, -0.1) is 0 Å². The summed E-state index contributed by atoms with van der Waals surface area (Å²) in [5.41, 5.74) is 7.01. The van der Waals surface area contributed by atoms with Crippen molar-refractivity contribution in [1.82, 2.24) is 4.72 Å². The normalized spacial score (nSPS) is 29.8. The molecule has 2 saturated heterocycles. The van der Waals surface area contributed by atoms with Crippen molar-refractivity contribution in [2.45, 2.75) is 49.3 Å². The van der Waals surface area contributed by atoms with E-state index in [0.717, 1.165) is 24.8 Å². The standard InChI is InChI=1S/C13H18N2O3S/c1-8-4-9(14)6-11(5-8)19(16,17)15-12-7-10-2-3-13(12)18-10/h4-6,10,12-13,15H,2-3,7,14H2,1H3. The van der Waals surface area contributed by atoms with Gasteiger partial charge in [0.05, 0.1) is 23.1 Å². The van der Waals surface area contributed by atoms with Gasteiger partial charge in [0.25, 0.3) is 0 Å². The van der Waals surface area contributed by atoms with Gasteiger partial charge in [0.2, 0.25) is 10.0 Å². The van der Waals surface area contributed by atoms with Crippen LogP contribution in [0.4, 0.5) is 5.69 Å². The van der Waals surface area contributed by atoms with Gasteiger partial charge in [0.1, 0.15) is 0 Å². The summed E-state index contributed by atoms with van der Waals surface area (Å²) in [4.78, 5) is 0.229. The van der Waals surface area contributed by atoms with Gasteiger partial charge in [-0.05, 0) is 49.9 Å². The highest BCUT2D eigenvalue weighted by Crippen LogP contribution is 2.35. The topological polar surface area (TPSA) is 81.4 Å². The number of nitrogens with two attached hydrogens (primary N) is 1. The van der Waals surface area contributed by atoms with Crippen LogP contribution in [0.1, 0.15) is 24.8 Å². The number of fused-ring (bicyclic) bond motifs is 2. The van der Waals surface area contributed by atoms with Crippen molar-refractivity contribution in [3.05, 3.63) is 23.8 Å². The number of aryl methyl sites for hydroxylation is 1. The Labute approximate surface area is 113 Å². The molecule has 2 aliphatic heterocycles. The zero-order valence-corrected chi connectivity index (χ0v) is 11.6. The molecule has 2 bridgehead atoms. The lowest BCUT2D eigenvalue weighted by atomic mass is 9.96. The van der Waals surface area contributed by atoms with E-state index < -0.39 is 10.0 Å². The lowest BCUT2D eigenvalue weighted by Gasteiger charge is -2.20. The van der Waals surface area contributed by atoms with Crippen LogP contribution in [0, 0.1) is 6.92 Å². The van der Waals surface area contributed by atoms with Crippen LogP contribution in [0.25, 0.3) is 0 Å². The van der Waals surface area contributed by atoms with Gasteiger partial charge >= 0.3 is 0 Å². The number of nitrogen functional groups attached to an aromatic ring is 1. The van der Waals surface area contributed by atoms with Gasteiger partial charge in [-0.1, -0.05) is 0 Å². The second kappa shape index (κ2) is 4.47. The largest absolute Gasteiger partial charge is 0.399 e. The van der Waals surface area contributed by atoms with E-state index in [0.29, 0.717) is 5.69 Å². The molecule has 1 aromatic rings. The molecule has 0 aliphatic carbocycles. The fourth-order valence-electron chi connectivity index (χ4n) is 2.96. The molecule has 1 aromatic carbocycles. The molecule has 0 radical (unpaired) electrons. The average molecular weight is 282 g/mol. The summed E-state index contributed by atoms with van der Waals surface area (Å²) in [5.74, 6) is 0. The smallest absolute Gasteiger partial charge is 0.240 e. The number of anilines is 1. The number of nitrogens with one attached hydrogen (secondary N) is 1. The second-order valence-electron chi connectivity index (χ2n) is 5.42. The minimum atomic E-state index is -3.52. The predicted octanol–water partition coefficient (Wildman–Crippen LogP) is 1.18. The number of rotatable bonds is 3. The minimum absolute atomic E-state index is 0.0296. The Morgan fingerprint density at radius 1 is 1.32 bits per heavy atom. The summed E-state index contributed by atoms with van der Waals surface area (Å²) in [6, 6.07) is 4.76. The molecule has 3 atom stereocenters. The molecule has 0 saturated carbocycles. The average Bonchev–Trinajstić information content (AvgIpc) is 2.88. The van der Waals surface area contributed by atoms with E-state index in [1.807, 2.05) is 6.92 Å². The third kappa shape index (κ3) is 2.48. The molecule has 2 heterocycles.